The first-order chi connectivity index (χ1) is 15.2. The molecule has 33 heavy (non-hydrogen) atoms. The van der Waals surface area contributed by atoms with Crippen molar-refractivity contribution in [3.05, 3.63) is 29.8 Å². The van der Waals surface area contributed by atoms with Crippen molar-refractivity contribution in [1.29, 1.82) is 0 Å². The van der Waals surface area contributed by atoms with Crippen LogP contribution in [0, 0.1) is 11.8 Å². The summed E-state index contributed by atoms with van der Waals surface area (Å²) in [7, 11) is -3.25. The van der Waals surface area contributed by atoms with Crippen molar-refractivity contribution in [1.82, 2.24) is 9.80 Å². The number of likely N-dealkylation sites (tertiary alicyclic amines) is 2. The Morgan fingerprint density at radius 2 is 1.70 bits per heavy atom. The lowest BCUT2D eigenvalue weighted by atomic mass is 9.87. The predicted molar refractivity (Wildman–Crippen MR) is 130 cm³/mol. The summed E-state index contributed by atoms with van der Waals surface area (Å²) >= 11 is 0. The largest absolute Gasteiger partial charge is 0.303 e. The molecule has 0 aromatic heterocycles. The number of hydrogen-bond acceptors (Lipinski definition) is 4. The van der Waals surface area contributed by atoms with Gasteiger partial charge in [-0.15, -0.1) is 12.4 Å². The first kappa shape index (κ1) is 25.1. The lowest BCUT2D eigenvalue weighted by molar-refractivity contribution is -0.0553. The van der Waals surface area contributed by atoms with Crippen LogP contribution in [0.2, 0.25) is 0 Å². The Bertz CT molecular complexity index is 935. The monoisotopic (exact) mass is 503 g/mol. The molecule has 4 aliphatic rings. The summed E-state index contributed by atoms with van der Waals surface area (Å²) in [6.45, 7) is 7.36. The van der Waals surface area contributed by atoms with E-state index in [2.05, 4.69) is 33.6 Å². The highest BCUT2D eigenvalue weighted by atomic mass is 35.5. The molecule has 1 N–H and O–H groups in total. The Morgan fingerprint density at radius 3 is 2.30 bits per heavy atom. The van der Waals surface area contributed by atoms with Crippen molar-refractivity contribution in [3.8, 4) is 0 Å². The van der Waals surface area contributed by atoms with E-state index in [1.165, 1.54) is 5.56 Å². The molecule has 0 spiro atoms. The molecule has 2 aliphatic heterocycles. The first-order valence-corrected chi connectivity index (χ1v) is 13.7. The van der Waals surface area contributed by atoms with Gasteiger partial charge in [-0.3, -0.25) is 4.72 Å². The molecular formula is C24H36ClF2N3O2S. The fourth-order valence-corrected chi connectivity index (χ4v) is 7.65. The minimum atomic E-state index is -3.25. The normalized spacial score (nSPS) is 31.6. The molecule has 2 saturated carbocycles. The minimum Gasteiger partial charge on any atom is -0.303 e. The number of piperidine rings is 2. The van der Waals surface area contributed by atoms with Gasteiger partial charge in [0, 0.05) is 50.1 Å². The summed E-state index contributed by atoms with van der Waals surface area (Å²) in [6, 6.07) is 8.05. The van der Waals surface area contributed by atoms with Gasteiger partial charge in [0.2, 0.25) is 10.0 Å². The lowest BCUT2D eigenvalue weighted by Crippen LogP contribution is -2.40. The Hall–Kier alpha value is -0.960. The number of sulfonamides is 1. The van der Waals surface area contributed by atoms with Crippen LogP contribution in [-0.4, -0.2) is 68.7 Å². The van der Waals surface area contributed by atoms with Crippen LogP contribution in [0.5, 0.6) is 0 Å². The highest BCUT2D eigenvalue weighted by Crippen LogP contribution is 2.65. The van der Waals surface area contributed by atoms with Crippen LogP contribution in [-0.2, 0) is 15.4 Å². The topological polar surface area (TPSA) is 52.7 Å². The number of nitrogens with zero attached hydrogens (tertiary/aromatic N) is 2. The number of benzene rings is 1. The van der Waals surface area contributed by atoms with Crippen LogP contribution in [0.15, 0.2) is 24.3 Å². The Kier molecular flexibility index (Phi) is 7.04. The van der Waals surface area contributed by atoms with Gasteiger partial charge in [-0.1, -0.05) is 19.1 Å². The van der Waals surface area contributed by atoms with Crippen molar-refractivity contribution in [2.24, 2.45) is 11.8 Å². The molecule has 0 amide bonds. The molecule has 0 bridgehead atoms. The van der Waals surface area contributed by atoms with Crippen molar-refractivity contribution in [2.45, 2.75) is 62.0 Å². The van der Waals surface area contributed by atoms with Crippen LogP contribution in [0.25, 0.3) is 0 Å². The number of nitrogens with one attached hydrogen (secondary N) is 1. The molecular weight excluding hydrogens is 468 g/mol. The zero-order valence-corrected chi connectivity index (χ0v) is 20.9. The van der Waals surface area contributed by atoms with Gasteiger partial charge in [-0.2, -0.15) is 0 Å². The molecule has 186 valence electrons. The third-order valence-corrected chi connectivity index (χ3v) is 10.2. The van der Waals surface area contributed by atoms with Gasteiger partial charge >= 0.3 is 0 Å². The maximum atomic E-state index is 13.3. The Labute approximate surface area is 202 Å². The number of hydrogen-bond donors (Lipinski definition) is 1. The molecule has 1 unspecified atom stereocenters. The summed E-state index contributed by atoms with van der Waals surface area (Å²) in [5, 5.41) is -0.221. The minimum absolute atomic E-state index is 0. The van der Waals surface area contributed by atoms with Gasteiger partial charge < -0.3 is 9.80 Å². The van der Waals surface area contributed by atoms with E-state index in [9.17, 15) is 17.2 Å². The predicted octanol–water partition coefficient (Wildman–Crippen LogP) is 4.34. The second-order valence-corrected chi connectivity index (χ2v) is 12.3. The lowest BCUT2D eigenvalue weighted by Gasteiger charge is -2.32. The molecule has 4 fully saturated rings. The number of alkyl halides is 2. The highest BCUT2D eigenvalue weighted by Gasteiger charge is 2.67. The van der Waals surface area contributed by atoms with Crippen molar-refractivity contribution >= 4 is 28.1 Å². The van der Waals surface area contributed by atoms with E-state index >= 15 is 0 Å². The zero-order chi connectivity index (χ0) is 22.6. The maximum absolute atomic E-state index is 13.3. The molecule has 2 saturated heterocycles. The molecule has 0 radical (unpaired) electrons. The van der Waals surface area contributed by atoms with Crippen molar-refractivity contribution in [3.63, 3.8) is 0 Å². The molecule has 5 rings (SSSR count). The molecule has 5 nitrogen and oxygen atoms in total. The van der Waals surface area contributed by atoms with E-state index in [1.54, 1.807) is 0 Å². The molecule has 9 heteroatoms. The van der Waals surface area contributed by atoms with Gasteiger partial charge in [0.05, 0.1) is 5.25 Å². The number of anilines is 1. The van der Waals surface area contributed by atoms with Gasteiger partial charge in [-0.25, -0.2) is 17.2 Å². The smallest absolute Gasteiger partial charge is 0.250 e. The van der Waals surface area contributed by atoms with E-state index in [0.717, 1.165) is 51.9 Å². The molecule has 1 aromatic rings. The molecule has 3 atom stereocenters. The standard InChI is InChI=1S/C24H35F2N3O2S.ClH/c1-2-24(18-5-3-6-19(15-18)27-32(30,31)20-7-8-20)21-16-29(17-22(21)24)12-4-11-28-13-9-23(25,26)10-14-28;/h3,5-6,15,20-22,27H,2,4,7-14,16-17H2,1H3;1H/t21-,22+,24?;. The third kappa shape index (κ3) is 5.04. The van der Waals surface area contributed by atoms with Gasteiger partial charge in [0.25, 0.3) is 5.92 Å². The van der Waals surface area contributed by atoms with Crippen molar-refractivity contribution in [2.75, 3.05) is 44.0 Å². The van der Waals surface area contributed by atoms with E-state index < -0.39 is 15.9 Å². The van der Waals surface area contributed by atoms with Crippen LogP contribution in [0.4, 0.5) is 14.5 Å². The van der Waals surface area contributed by atoms with Crippen LogP contribution in [0.3, 0.4) is 0 Å². The Balaban J connectivity index is 0.00000259. The molecule has 1 aromatic carbocycles. The van der Waals surface area contributed by atoms with Crippen molar-refractivity contribution < 1.29 is 17.2 Å². The second kappa shape index (κ2) is 9.25. The first-order valence-electron chi connectivity index (χ1n) is 12.2. The number of rotatable bonds is 9. The van der Waals surface area contributed by atoms with Gasteiger partial charge in [0.1, 0.15) is 0 Å². The molecule has 2 aliphatic carbocycles. The fourth-order valence-electron chi connectivity index (χ4n) is 6.27. The summed E-state index contributed by atoms with van der Waals surface area (Å²) < 4.78 is 54.1. The van der Waals surface area contributed by atoms with Crippen LogP contribution < -0.4 is 4.72 Å². The van der Waals surface area contributed by atoms with E-state index in [4.69, 9.17) is 0 Å². The quantitative estimate of drug-likeness (QED) is 0.544. The van der Waals surface area contributed by atoms with E-state index in [0.29, 0.717) is 30.6 Å². The summed E-state index contributed by atoms with van der Waals surface area (Å²) in [5.41, 5.74) is 2.12. The van der Waals surface area contributed by atoms with E-state index in [-0.39, 0.29) is 35.9 Å². The van der Waals surface area contributed by atoms with Gasteiger partial charge in [0.15, 0.2) is 0 Å². The molecule has 2 heterocycles. The SMILES string of the molecule is CCC1(c2cccc(NS(=O)(=O)C3CC3)c2)[C@@H]2CN(CCCN3CCC(F)(F)CC3)C[C@@H]21.Cl. The second-order valence-electron chi connectivity index (χ2n) is 10.3. The highest BCUT2D eigenvalue weighted by molar-refractivity contribution is 7.93. The third-order valence-electron chi connectivity index (χ3n) is 8.35. The van der Waals surface area contributed by atoms with Gasteiger partial charge in [-0.05, 0) is 68.3 Å². The number of halogens is 3. The van der Waals surface area contributed by atoms with Crippen LogP contribution >= 0.6 is 12.4 Å². The number of fused-ring (bicyclic) bond motifs is 1. The average Bonchev–Trinajstić information content (AvgIpc) is 3.66. The Morgan fingerprint density at radius 1 is 1.06 bits per heavy atom. The summed E-state index contributed by atoms with van der Waals surface area (Å²) in [6.07, 6.45) is 3.61. The van der Waals surface area contributed by atoms with E-state index in [1.807, 2.05) is 12.1 Å². The fraction of sp³-hybridized carbons (Fsp3) is 0.750. The summed E-state index contributed by atoms with van der Waals surface area (Å²) in [5.74, 6) is -1.22. The average molecular weight is 504 g/mol. The summed E-state index contributed by atoms with van der Waals surface area (Å²) in [4.78, 5) is 4.71. The maximum Gasteiger partial charge on any atom is 0.250 e. The zero-order valence-electron chi connectivity index (χ0n) is 19.3. The van der Waals surface area contributed by atoms with Crippen LogP contribution in [0.1, 0.15) is 51.0 Å².